The lowest BCUT2D eigenvalue weighted by molar-refractivity contribution is -0.119. The number of carbonyl (C=O) groups excluding carboxylic acids is 2. The highest BCUT2D eigenvalue weighted by atomic mass is 32.1. The molecule has 1 amide bonds. The minimum absolute atomic E-state index is 0.101. The molecule has 1 aromatic heterocycles. The summed E-state index contributed by atoms with van der Waals surface area (Å²) in [5.74, 6) is -0.741. The van der Waals surface area contributed by atoms with Crippen LogP contribution in [0, 0.1) is 18.3 Å². The van der Waals surface area contributed by atoms with E-state index in [9.17, 15) is 9.59 Å². The molecule has 2 atom stereocenters. The summed E-state index contributed by atoms with van der Waals surface area (Å²) in [4.78, 5) is 32.4. The number of aryl methyl sites for hydroxylation is 1. The molecule has 5 heteroatoms. The highest BCUT2D eigenvalue weighted by Crippen LogP contribution is 2.48. The predicted octanol–water partition coefficient (Wildman–Crippen LogP) is 5.51. The van der Waals surface area contributed by atoms with Crippen molar-refractivity contribution in [3.63, 3.8) is 0 Å². The largest absolute Gasteiger partial charge is 0.325 e. The molecule has 4 nitrogen and oxygen atoms in total. The first-order chi connectivity index (χ1) is 13.8. The lowest BCUT2D eigenvalue weighted by Gasteiger charge is -2.38. The summed E-state index contributed by atoms with van der Waals surface area (Å²) in [6.45, 7) is 8.10. The zero-order valence-electron chi connectivity index (χ0n) is 17.3. The van der Waals surface area contributed by atoms with Gasteiger partial charge in [0.1, 0.15) is 0 Å². The number of anilines is 1. The SMILES string of the molecule is CC1=NC2=C(C(=O)CC(C)(C)C2)[C@@H](c2cccs2)C1C(=O)Nc1ccccc1C. The molecule has 0 spiro atoms. The first-order valence-corrected chi connectivity index (χ1v) is 10.9. The number of nitrogens with one attached hydrogen (secondary N) is 1. The second-order valence-electron chi connectivity index (χ2n) is 8.83. The number of thiophene rings is 1. The molecule has 2 heterocycles. The number of nitrogens with zero attached hydrogens (tertiary/aromatic N) is 1. The van der Waals surface area contributed by atoms with Crippen LogP contribution in [0.1, 0.15) is 50.0 Å². The first kappa shape index (κ1) is 19.8. The summed E-state index contributed by atoms with van der Waals surface area (Å²) in [6, 6.07) is 11.7. The van der Waals surface area contributed by atoms with Crippen molar-refractivity contribution in [2.75, 3.05) is 5.32 Å². The smallest absolute Gasteiger partial charge is 0.234 e. The Hall–Kier alpha value is -2.53. The molecule has 1 aliphatic heterocycles. The molecule has 4 rings (SSSR count). The van der Waals surface area contributed by atoms with Crippen molar-refractivity contribution in [3.05, 3.63) is 63.5 Å². The van der Waals surface area contributed by atoms with Crippen LogP contribution in [0.25, 0.3) is 0 Å². The Morgan fingerprint density at radius 1 is 1.14 bits per heavy atom. The number of hydrogen-bond acceptors (Lipinski definition) is 4. The van der Waals surface area contributed by atoms with E-state index in [4.69, 9.17) is 4.99 Å². The van der Waals surface area contributed by atoms with E-state index in [2.05, 4.69) is 19.2 Å². The van der Waals surface area contributed by atoms with Gasteiger partial charge < -0.3 is 5.32 Å². The van der Waals surface area contributed by atoms with Gasteiger partial charge in [0.05, 0.1) is 5.92 Å². The molecule has 0 fully saturated rings. The van der Waals surface area contributed by atoms with Gasteiger partial charge in [0.15, 0.2) is 5.78 Å². The Balaban J connectivity index is 1.77. The quantitative estimate of drug-likeness (QED) is 0.730. The average molecular weight is 407 g/mol. The van der Waals surface area contributed by atoms with Crippen molar-refractivity contribution in [1.82, 2.24) is 0 Å². The van der Waals surface area contributed by atoms with Gasteiger partial charge >= 0.3 is 0 Å². The predicted molar refractivity (Wildman–Crippen MR) is 119 cm³/mol. The molecule has 1 N–H and O–H groups in total. The maximum atomic E-state index is 13.4. The van der Waals surface area contributed by atoms with Gasteiger partial charge in [0.2, 0.25) is 5.91 Å². The van der Waals surface area contributed by atoms with Crippen LogP contribution in [0.3, 0.4) is 0 Å². The minimum Gasteiger partial charge on any atom is -0.325 e. The summed E-state index contributed by atoms with van der Waals surface area (Å²) in [7, 11) is 0. The fraction of sp³-hybridized carbons (Fsp3) is 0.375. The Morgan fingerprint density at radius 2 is 1.90 bits per heavy atom. The third kappa shape index (κ3) is 3.71. The maximum Gasteiger partial charge on any atom is 0.234 e. The summed E-state index contributed by atoms with van der Waals surface area (Å²) >= 11 is 1.60. The summed E-state index contributed by atoms with van der Waals surface area (Å²) in [5.41, 5.74) is 4.08. The van der Waals surface area contributed by atoms with E-state index in [1.54, 1.807) is 11.3 Å². The van der Waals surface area contributed by atoms with Crippen molar-refractivity contribution in [3.8, 4) is 0 Å². The second kappa shape index (κ2) is 7.38. The fourth-order valence-corrected chi connectivity index (χ4v) is 5.36. The van der Waals surface area contributed by atoms with Gasteiger partial charge in [-0.15, -0.1) is 11.3 Å². The number of hydrogen-bond donors (Lipinski definition) is 1. The number of benzene rings is 1. The molecule has 2 aromatic rings. The van der Waals surface area contributed by atoms with Crippen LogP contribution >= 0.6 is 11.3 Å². The number of allylic oxidation sites excluding steroid dienone is 2. The maximum absolute atomic E-state index is 13.4. The number of amides is 1. The lowest BCUT2D eigenvalue weighted by Crippen LogP contribution is -2.40. The van der Waals surface area contributed by atoms with Crippen LogP contribution in [-0.2, 0) is 9.59 Å². The van der Waals surface area contributed by atoms with Crippen LogP contribution in [0.2, 0.25) is 0 Å². The number of ketones is 1. The number of rotatable bonds is 3. The molecule has 0 bridgehead atoms. The van der Waals surface area contributed by atoms with E-state index in [0.29, 0.717) is 6.42 Å². The minimum atomic E-state index is -0.489. The summed E-state index contributed by atoms with van der Waals surface area (Å²) in [5, 5.41) is 5.08. The number of para-hydroxylation sites is 1. The van der Waals surface area contributed by atoms with Crippen LogP contribution in [-0.4, -0.2) is 17.4 Å². The number of Topliss-reactive ketones (excluding diaryl/α,β-unsaturated/α-hetero) is 1. The fourth-order valence-electron chi connectivity index (χ4n) is 4.48. The van der Waals surface area contributed by atoms with Crippen molar-refractivity contribution < 1.29 is 9.59 Å². The molecule has 1 aromatic carbocycles. The van der Waals surface area contributed by atoms with Gasteiger partial charge in [-0.1, -0.05) is 38.1 Å². The third-order valence-electron chi connectivity index (χ3n) is 5.84. The Labute approximate surface area is 175 Å². The molecule has 0 saturated carbocycles. The van der Waals surface area contributed by atoms with Gasteiger partial charge in [0.25, 0.3) is 0 Å². The molecule has 0 saturated heterocycles. The van der Waals surface area contributed by atoms with E-state index < -0.39 is 5.92 Å². The second-order valence-corrected chi connectivity index (χ2v) is 9.81. The first-order valence-electron chi connectivity index (χ1n) is 9.98. The molecule has 150 valence electrons. The van der Waals surface area contributed by atoms with Crippen LogP contribution in [0.5, 0.6) is 0 Å². The van der Waals surface area contributed by atoms with Crippen molar-refractivity contribution in [2.45, 2.75) is 46.5 Å². The Kier molecular flexibility index (Phi) is 5.03. The van der Waals surface area contributed by atoms with Gasteiger partial charge in [-0.25, -0.2) is 0 Å². The topological polar surface area (TPSA) is 58.5 Å². The van der Waals surface area contributed by atoms with Crippen molar-refractivity contribution in [2.24, 2.45) is 16.3 Å². The molecule has 2 aliphatic rings. The van der Waals surface area contributed by atoms with Gasteiger partial charge in [-0.3, -0.25) is 14.6 Å². The molecular formula is C24H26N2O2S. The average Bonchev–Trinajstić information content (AvgIpc) is 3.15. The monoisotopic (exact) mass is 406 g/mol. The van der Waals surface area contributed by atoms with E-state index in [1.165, 1.54) is 0 Å². The van der Waals surface area contributed by atoms with Crippen LogP contribution in [0.15, 0.2) is 58.0 Å². The number of aliphatic imine (C=N–C) groups is 1. The molecule has 29 heavy (non-hydrogen) atoms. The van der Waals surface area contributed by atoms with Gasteiger partial charge in [0, 0.05) is 39.9 Å². The van der Waals surface area contributed by atoms with E-state index in [0.717, 1.165) is 39.5 Å². The zero-order chi connectivity index (χ0) is 20.8. The summed E-state index contributed by atoms with van der Waals surface area (Å²) in [6.07, 6.45) is 1.26. The Bertz CT molecular complexity index is 1030. The molecule has 0 radical (unpaired) electrons. The standard InChI is InChI=1S/C24H26N2O2S/c1-14-8-5-6-9-16(14)26-23(28)20-15(2)25-17-12-24(3,4)13-18(27)21(17)22(20)19-10-7-11-29-19/h5-11,20,22H,12-13H2,1-4H3,(H,26,28)/t20?,22-/m0/s1. The molecular weight excluding hydrogens is 380 g/mol. The van der Waals surface area contributed by atoms with Gasteiger partial charge in [-0.05, 0) is 48.8 Å². The lowest BCUT2D eigenvalue weighted by atomic mass is 9.68. The van der Waals surface area contributed by atoms with Crippen molar-refractivity contribution in [1.29, 1.82) is 0 Å². The zero-order valence-corrected chi connectivity index (χ0v) is 18.1. The number of carbonyl (C=O) groups is 2. The van der Waals surface area contributed by atoms with E-state index >= 15 is 0 Å². The van der Waals surface area contributed by atoms with Crippen molar-refractivity contribution >= 4 is 34.4 Å². The van der Waals surface area contributed by atoms with Gasteiger partial charge in [-0.2, -0.15) is 0 Å². The summed E-state index contributed by atoms with van der Waals surface area (Å²) < 4.78 is 0. The molecule has 1 aliphatic carbocycles. The highest BCUT2D eigenvalue weighted by molar-refractivity contribution is 7.10. The van der Waals surface area contributed by atoms with E-state index in [1.807, 2.05) is 55.6 Å². The highest BCUT2D eigenvalue weighted by Gasteiger charge is 2.45. The normalized spacial score (nSPS) is 23.4. The van der Waals surface area contributed by atoms with E-state index in [-0.39, 0.29) is 23.0 Å². The Morgan fingerprint density at radius 3 is 2.59 bits per heavy atom. The van der Waals surface area contributed by atoms with Crippen LogP contribution < -0.4 is 5.32 Å². The van der Waals surface area contributed by atoms with Crippen LogP contribution in [0.4, 0.5) is 5.69 Å². The third-order valence-corrected chi connectivity index (χ3v) is 6.79. The molecule has 1 unspecified atom stereocenters.